The van der Waals surface area contributed by atoms with E-state index < -0.39 is 0 Å². The van der Waals surface area contributed by atoms with Gasteiger partial charge in [-0.2, -0.15) is 0 Å². The fourth-order valence-electron chi connectivity index (χ4n) is 2.55. The number of hydrogen-bond acceptors (Lipinski definition) is 1. The van der Waals surface area contributed by atoms with Crippen LogP contribution < -0.4 is 5.32 Å². The van der Waals surface area contributed by atoms with Crippen LogP contribution in [0.15, 0.2) is 18.2 Å². The summed E-state index contributed by atoms with van der Waals surface area (Å²) >= 11 is 5.84. The second kappa shape index (κ2) is 10.2. The van der Waals surface area contributed by atoms with E-state index >= 15 is 0 Å². The Kier molecular flexibility index (Phi) is 8.88. The zero-order chi connectivity index (χ0) is 14.8. The Bertz CT molecular complexity index is 381. The smallest absolute Gasteiger partial charge is 0.146 e. The minimum atomic E-state index is -0.281. The molecule has 1 rings (SSSR count). The topological polar surface area (TPSA) is 12.0 Å². The summed E-state index contributed by atoms with van der Waals surface area (Å²) in [4.78, 5) is 0. The van der Waals surface area contributed by atoms with E-state index in [1.54, 1.807) is 6.07 Å². The van der Waals surface area contributed by atoms with Gasteiger partial charge in [0.2, 0.25) is 0 Å². The van der Waals surface area contributed by atoms with Crippen molar-refractivity contribution in [3.63, 3.8) is 0 Å². The number of halogens is 2. The van der Waals surface area contributed by atoms with Gasteiger partial charge in [0.1, 0.15) is 5.82 Å². The molecule has 1 aromatic carbocycles. The highest BCUT2D eigenvalue weighted by Gasteiger charge is 2.15. The van der Waals surface area contributed by atoms with Crippen LogP contribution in [0.4, 0.5) is 4.39 Å². The van der Waals surface area contributed by atoms with Crippen LogP contribution in [0.2, 0.25) is 5.02 Å². The minimum absolute atomic E-state index is 0.0596. The van der Waals surface area contributed by atoms with Crippen molar-refractivity contribution in [2.75, 3.05) is 7.05 Å². The van der Waals surface area contributed by atoms with E-state index in [4.69, 9.17) is 11.6 Å². The Morgan fingerprint density at radius 2 is 1.75 bits per heavy atom. The molecule has 1 aromatic rings. The lowest BCUT2D eigenvalue weighted by Crippen LogP contribution is -2.17. The van der Waals surface area contributed by atoms with E-state index in [-0.39, 0.29) is 16.9 Å². The van der Waals surface area contributed by atoms with Crippen molar-refractivity contribution in [1.29, 1.82) is 0 Å². The maximum Gasteiger partial charge on any atom is 0.146 e. The molecule has 1 N–H and O–H groups in total. The standard InChI is InChI=1S/C17H27ClFN/c1-3-4-5-6-7-8-9-13-16(20-2)14-11-10-12-15(18)17(14)19/h10-12,16,20H,3-9,13H2,1-2H3. The van der Waals surface area contributed by atoms with Gasteiger partial charge in [-0.1, -0.05) is 75.6 Å². The second-order valence-corrected chi connectivity index (χ2v) is 5.80. The fourth-order valence-corrected chi connectivity index (χ4v) is 2.73. The van der Waals surface area contributed by atoms with Crippen molar-refractivity contribution < 1.29 is 4.39 Å². The Morgan fingerprint density at radius 3 is 2.40 bits per heavy atom. The molecule has 0 aliphatic carbocycles. The Labute approximate surface area is 127 Å². The lowest BCUT2D eigenvalue weighted by Gasteiger charge is -2.17. The molecule has 0 aliphatic heterocycles. The molecule has 0 spiro atoms. The molecule has 0 radical (unpaired) electrons. The third-order valence-corrected chi connectivity index (χ3v) is 4.09. The summed E-state index contributed by atoms with van der Waals surface area (Å²) in [5.41, 5.74) is 0.686. The van der Waals surface area contributed by atoms with E-state index in [2.05, 4.69) is 12.2 Å². The number of nitrogens with one attached hydrogen (secondary N) is 1. The Balaban J connectivity index is 2.34. The van der Waals surface area contributed by atoms with Gasteiger partial charge >= 0.3 is 0 Å². The molecule has 0 amide bonds. The van der Waals surface area contributed by atoms with Gasteiger partial charge in [0.25, 0.3) is 0 Å². The van der Waals surface area contributed by atoms with Crippen LogP contribution in [0.1, 0.15) is 69.9 Å². The monoisotopic (exact) mass is 299 g/mol. The van der Waals surface area contributed by atoms with E-state index in [1.165, 1.54) is 38.5 Å². The predicted octanol–water partition coefficient (Wildman–Crippen LogP) is 5.88. The highest BCUT2D eigenvalue weighted by atomic mass is 35.5. The lowest BCUT2D eigenvalue weighted by atomic mass is 9.99. The van der Waals surface area contributed by atoms with Crippen LogP contribution in [0.3, 0.4) is 0 Å². The summed E-state index contributed by atoms with van der Waals surface area (Å²) in [6.07, 6.45) is 9.89. The first kappa shape index (κ1) is 17.5. The average Bonchev–Trinajstić information content (AvgIpc) is 2.46. The van der Waals surface area contributed by atoms with Gasteiger partial charge in [0.15, 0.2) is 0 Å². The maximum atomic E-state index is 14.0. The molecule has 0 fully saturated rings. The quantitative estimate of drug-likeness (QED) is 0.532. The zero-order valence-electron chi connectivity index (χ0n) is 12.7. The molecule has 20 heavy (non-hydrogen) atoms. The zero-order valence-corrected chi connectivity index (χ0v) is 13.5. The summed E-state index contributed by atoms with van der Waals surface area (Å²) in [5.74, 6) is -0.281. The van der Waals surface area contributed by atoms with Crippen LogP contribution in [-0.2, 0) is 0 Å². The molecule has 0 saturated heterocycles. The van der Waals surface area contributed by atoms with Crippen molar-refractivity contribution >= 4 is 11.6 Å². The second-order valence-electron chi connectivity index (χ2n) is 5.39. The number of hydrogen-bond donors (Lipinski definition) is 1. The Morgan fingerprint density at radius 1 is 1.10 bits per heavy atom. The molecule has 1 unspecified atom stereocenters. The van der Waals surface area contributed by atoms with Crippen LogP contribution in [0.25, 0.3) is 0 Å². The SMILES string of the molecule is CCCCCCCCCC(NC)c1cccc(Cl)c1F. The summed E-state index contributed by atoms with van der Waals surface area (Å²) in [7, 11) is 1.88. The highest BCUT2D eigenvalue weighted by molar-refractivity contribution is 6.30. The summed E-state index contributed by atoms with van der Waals surface area (Å²) in [6, 6.07) is 5.30. The average molecular weight is 300 g/mol. The van der Waals surface area contributed by atoms with E-state index in [0.29, 0.717) is 5.56 Å². The molecule has 0 bridgehead atoms. The molecule has 0 aliphatic rings. The van der Waals surface area contributed by atoms with Crippen molar-refractivity contribution in [3.05, 3.63) is 34.6 Å². The van der Waals surface area contributed by atoms with Crippen molar-refractivity contribution in [2.45, 2.75) is 64.3 Å². The predicted molar refractivity (Wildman–Crippen MR) is 85.8 cm³/mol. The molecular formula is C17H27ClFN. The van der Waals surface area contributed by atoms with Crippen LogP contribution in [0, 0.1) is 5.82 Å². The third kappa shape index (κ3) is 5.80. The van der Waals surface area contributed by atoms with Crippen molar-refractivity contribution in [2.24, 2.45) is 0 Å². The van der Waals surface area contributed by atoms with Gasteiger partial charge in [0.05, 0.1) is 5.02 Å². The van der Waals surface area contributed by atoms with E-state index in [9.17, 15) is 4.39 Å². The normalized spacial score (nSPS) is 12.6. The van der Waals surface area contributed by atoms with Gasteiger partial charge in [-0.3, -0.25) is 0 Å². The first-order valence-electron chi connectivity index (χ1n) is 7.81. The molecule has 1 nitrogen and oxygen atoms in total. The fraction of sp³-hybridized carbons (Fsp3) is 0.647. The first-order chi connectivity index (χ1) is 9.70. The molecule has 114 valence electrons. The molecule has 0 saturated carbocycles. The summed E-state index contributed by atoms with van der Waals surface area (Å²) in [6.45, 7) is 2.23. The van der Waals surface area contributed by atoms with Gasteiger partial charge in [-0.15, -0.1) is 0 Å². The van der Waals surface area contributed by atoms with Crippen LogP contribution >= 0.6 is 11.6 Å². The molecule has 3 heteroatoms. The maximum absolute atomic E-state index is 14.0. The van der Waals surface area contributed by atoms with E-state index in [0.717, 1.165) is 12.8 Å². The minimum Gasteiger partial charge on any atom is -0.313 e. The van der Waals surface area contributed by atoms with Gasteiger partial charge in [-0.25, -0.2) is 4.39 Å². The molecule has 0 heterocycles. The van der Waals surface area contributed by atoms with Crippen molar-refractivity contribution in [3.8, 4) is 0 Å². The number of benzene rings is 1. The van der Waals surface area contributed by atoms with Gasteiger partial charge < -0.3 is 5.32 Å². The molecule has 0 aromatic heterocycles. The van der Waals surface area contributed by atoms with Crippen LogP contribution in [-0.4, -0.2) is 7.05 Å². The highest BCUT2D eigenvalue weighted by Crippen LogP contribution is 2.26. The van der Waals surface area contributed by atoms with E-state index in [1.807, 2.05) is 19.2 Å². The molecule has 1 atom stereocenters. The number of rotatable bonds is 10. The first-order valence-corrected chi connectivity index (χ1v) is 8.19. The largest absolute Gasteiger partial charge is 0.313 e. The summed E-state index contributed by atoms with van der Waals surface area (Å²) in [5, 5.41) is 3.41. The summed E-state index contributed by atoms with van der Waals surface area (Å²) < 4.78 is 14.0. The Hall–Kier alpha value is -0.600. The number of unbranched alkanes of at least 4 members (excludes halogenated alkanes) is 6. The lowest BCUT2D eigenvalue weighted by molar-refractivity contribution is 0.475. The third-order valence-electron chi connectivity index (χ3n) is 3.80. The van der Waals surface area contributed by atoms with Crippen molar-refractivity contribution in [1.82, 2.24) is 5.32 Å². The van der Waals surface area contributed by atoms with Crippen LogP contribution in [0.5, 0.6) is 0 Å². The van der Waals surface area contributed by atoms with Gasteiger partial charge in [0, 0.05) is 11.6 Å². The van der Waals surface area contributed by atoms with Gasteiger partial charge in [-0.05, 0) is 19.5 Å². The molecular weight excluding hydrogens is 273 g/mol.